The van der Waals surface area contributed by atoms with Gasteiger partial charge < -0.3 is 14.0 Å². The maximum absolute atomic E-state index is 7.21. The largest absolute Gasteiger partial charge is 0.456 e. The van der Waals surface area contributed by atoms with Crippen molar-refractivity contribution >= 4 is 21.8 Å². The van der Waals surface area contributed by atoms with E-state index in [1.54, 1.807) is 0 Å². The van der Waals surface area contributed by atoms with Crippen molar-refractivity contribution in [3.8, 4) is 62.1 Å². The number of para-hydroxylation sites is 4. The second-order valence-corrected chi connectivity index (χ2v) is 13.5. The summed E-state index contributed by atoms with van der Waals surface area (Å²) in [7, 11) is 0. The van der Waals surface area contributed by atoms with Crippen LogP contribution in [-0.4, -0.2) is 4.57 Å². The van der Waals surface area contributed by atoms with Gasteiger partial charge in [0.05, 0.1) is 11.0 Å². The van der Waals surface area contributed by atoms with Crippen LogP contribution in [0.15, 0.2) is 170 Å². The zero-order chi connectivity index (χ0) is 33.7. The van der Waals surface area contributed by atoms with Crippen LogP contribution in [0.25, 0.3) is 60.9 Å². The lowest BCUT2D eigenvalue weighted by atomic mass is 9.88. The van der Waals surface area contributed by atoms with Crippen molar-refractivity contribution in [3.63, 3.8) is 0 Å². The van der Waals surface area contributed by atoms with Crippen molar-refractivity contribution in [1.29, 1.82) is 0 Å². The Labute approximate surface area is 297 Å². The van der Waals surface area contributed by atoms with Gasteiger partial charge in [0.25, 0.3) is 0 Å². The third-order valence-corrected chi connectivity index (χ3v) is 10.5. The summed E-state index contributed by atoms with van der Waals surface area (Å²) in [6, 6.07) is 55.8. The van der Waals surface area contributed by atoms with Crippen LogP contribution < -0.4 is 9.47 Å². The first-order chi connectivity index (χ1) is 25.3. The van der Waals surface area contributed by atoms with E-state index in [0.29, 0.717) is 5.92 Å². The molecule has 7 aromatic carbocycles. The standard InChI is InChI=1S/C48H35NO2/c1-3-15-32(16-4-1)33-29-30-36-35-19-8-11-26-43(35)50-44-27-12-9-21-40(44)48-38(23-14-28-45(48)51-46(36)31-33)37-22-13-25-42-47(37)39-20-7-10-24-41(39)49(42)34-17-5-2-6-18-34/h2-3,5-15,17-32H,1,4,16H2. The number of benzene rings is 7. The quantitative estimate of drug-likeness (QED) is 0.177. The van der Waals surface area contributed by atoms with Gasteiger partial charge in [0.1, 0.15) is 23.0 Å². The summed E-state index contributed by atoms with van der Waals surface area (Å²) in [6.07, 6.45) is 8.17. The molecule has 0 saturated carbocycles. The van der Waals surface area contributed by atoms with Crippen LogP contribution in [0.5, 0.6) is 23.0 Å². The van der Waals surface area contributed by atoms with E-state index in [4.69, 9.17) is 9.47 Å². The van der Waals surface area contributed by atoms with Gasteiger partial charge in [0.2, 0.25) is 0 Å². The second-order valence-electron chi connectivity index (χ2n) is 13.5. The van der Waals surface area contributed by atoms with Crippen LogP contribution in [0, 0.1) is 0 Å². The van der Waals surface area contributed by atoms with Crippen molar-refractivity contribution in [1.82, 2.24) is 4.57 Å². The highest BCUT2D eigenvalue weighted by molar-refractivity contribution is 6.17. The van der Waals surface area contributed by atoms with Crippen LogP contribution in [0.2, 0.25) is 0 Å². The van der Waals surface area contributed by atoms with Crippen molar-refractivity contribution in [2.45, 2.75) is 25.2 Å². The lowest BCUT2D eigenvalue weighted by Gasteiger charge is -2.24. The van der Waals surface area contributed by atoms with Crippen molar-refractivity contribution in [3.05, 3.63) is 175 Å². The van der Waals surface area contributed by atoms with Crippen molar-refractivity contribution in [2.75, 3.05) is 0 Å². The molecule has 1 aliphatic carbocycles. The lowest BCUT2D eigenvalue weighted by Crippen LogP contribution is -2.02. The van der Waals surface area contributed by atoms with Crippen LogP contribution >= 0.6 is 0 Å². The lowest BCUT2D eigenvalue weighted by molar-refractivity contribution is 0.472. The van der Waals surface area contributed by atoms with Crippen molar-refractivity contribution in [2.24, 2.45) is 0 Å². The number of aromatic nitrogens is 1. The number of rotatable bonds is 3. The first-order valence-electron chi connectivity index (χ1n) is 17.9. The Bertz CT molecular complexity index is 2630. The van der Waals surface area contributed by atoms with Gasteiger partial charge in [-0.15, -0.1) is 0 Å². The average molecular weight is 658 g/mol. The first-order valence-corrected chi connectivity index (χ1v) is 17.9. The molecule has 0 bridgehead atoms. The summed E-state index contributed by atoms with van der Waals surface area (Å²) in [5.41, 5.74) is 11.0. The van der Waals surface area contributed by atoms with Gasteiger partial charge in [-0.25, -0.2) is 0 Å². The maximum atomic E-state index is 7.21. The van der Waals surface area contributed by atoms with Crippen LogP contribution in [0.3, 0.4) is 0 Å². The van der Waals surface area contributed by atoms with Gasteiger partial charge in [-0.3, -0.25) is 0 Å². The van der Waals surface area contributed by atoms with Crippen LogP contribution in [0.1, 0.15) is 30.7 Å². The van der Waals surface area contributed by atoms with E-state index in [1.807, 2.05) is 12.1 Å². The van der Waals surface area contributed by atoms with E-state index in [2.05, 4.69) is 162 Å². The molecule has 2 heterocycles. The topological polar surface area (TPSA) is 23.4 Å². The Hall–Kier alpha value is -6.32. The fourth-order valence-corrected chi connectivity index (χ4v) is 8.16. The van der Waals surface area contributed by atoms with Gasteiger partial charge in [0.15, 0.2) is 0 Å². The number of allylic oxidation sites excluding steroid dienone is 2. The zero-order valence-corrected chi connectivity index (χ0v) is 28.1. The predicted molar refractivity (Wildman–Crippen MR) is 209 cm³/mol. The molecule has 0 saturated heterocycles. The normalized spacial score (nSPS) is 14.9. The molecule has 0 spiro atoms. The fourth-order valence-electron chi connectivity index (χ4n) is 8.16. The molecule has 3 heteroatoms. The molecule has 1 unspecified atom stereocenters. The SMILES string of the molecule is C1=CC(c2ccc3c(c2)Oc2cccc(-c4cccc5c4c4ccccc4n5-c4ccccc4)c2-c2ccccc2Oc2ccccc2-3)CCC1. The Balaban J connectivity index is 1.26. The maximum Gasteiger partial charge on any atom is 0.136 e. The molecule has 0 radical (unpaired) electrons. The molecule has 0 fully saturated rings. The minimum atomic E-state index is 0.376. The second kappa shape index (κ2) is 12.2. The molecular weight excluding hydrogens is 623 g/mol. The third kappa shape index (κ3) is 4.96. The number of hydrogen-bond donors (Lipinski definition) is 0. The van der Waals surface area contributed by atoms with E-state index in [0.717, 1.165) is 80.4 Å². The Morgan fingerprint density at radius 3 is 2.00 bits per heavy atom. The van der Waals surface area contributed by atoms with Gasteiger partial charge >= 0.3 is 0 Å². The van der Waals surface area contributed by atoms with Gasteiger partial charge in [0, 0.05) is 44.6 Å². The molecule has 8 aromatic rings. The Kier molecular flexibility index (Phi) is 7.09. The van der Waals surface area contributed by atoms with E-state index in [1.165, 1.54) is 28.3 Å². The molecule has 2 aliphatic rings. The molecule has 0 amide bonds. The molecular formula is C48H35NO2. The summed E-state index contributed by atoms with van der Waals surface area (Å²) in [6.45, 7) is 0. The fraction of sp³-hybridized carbons (Fsp3) is 0.0833. The van der Waals surface area contributed by atoms with E-state index < -0.39 is 0 Å². The zero-order valence-electron chi connectivity index (χ0n) is 28.1. The van der Waals surface area contributed by atoms with Crippen LogP contribution in [-0.2, 0) is 0 Å². The van der Waals surface area contributed by atoms with Crippen LogP contribution in [0.4, 0.5) is 0 Å². The molecule has 3 nitrogen and oxygen atoms in total. The number of nitrogens with zero attached hydrogens (tertiary/aromatic N) is 1. The highest BCUT2D eigenvalue weighted by atomic mass is 16.5. The summed E-state index contributed by atoms with van der Waals surface area (Å²) in [4.78, 5) is 0. The highest BCUT2D eigenvalue weighted by Crippen LogP contribution is 2.51. The van der Waals surface area contributed by atoms with Gasteiger partial charge in [-0.1, -0.05) is 121 Å². The highest BCUT2D eigenvalue weighted by Gasteiger charge is 2.25. The number of fused-ring (bicyclic) bond motifs is 9. The molecule has 0 N–H and O–H groups in total. The van der Waals surface area contributed by atoms with Gasteiger partial charge in [-0.05, 0) is 84.5 Å². The number of ether oxygens (including phenoxy) is 2. The average Bonchev–Trinajstić information content (AvgIpc) is 3.54. The summed E-state index contributed by atoms with van der Waals surface area (Å²) >= 11 is 0. The molecule has 1 aromatic heterocycles. The van der Waals surface area contributed by atoms with Crippen molar-refractivity contribution < 1.29 is 9.47 Å². The summed E-state index contributed by atoms with van der Waals surface area (Å²) < 4.78 is 16.5. The molecule has 1 aliphatic heterocycles. The predicted octanol–water partition coefficient (Wildman–Crippen LogP) is 13.5. The van der Waals surface area contributed by atoms with E-state index >= 15 is 0 Å². The van der Waals surface area contributed by atoms with Gasteiger partial charge in [-0.2, -0.15) is 0 Å². The Morgan fingerprint density at radius 2 is 1.14 bits per heavy atom. The minimum Gasteiger partial charge on any atom is -0.456 e. The molecule has 10 rings (SSSR count). The smallest absolute Gasteiger partial charge is 0.136 e. The molecule has 51 heavy (non-hydrogen) atoms. The van der Waals surface area contributed by atoms with E-state index in [9.17, 15) is 0 Å². The summed E-state index contributed by atoms with van der Waals surface area (Å²) in [5.74, 6) is 3.59. The number of hydrogen-bond acceptors (Lipinski definition) is 2. The first kappa shape index (κ1) is 29.6. The monoisotopic (exact) mass is 657 g/mol. The summed E-state index contributed by atoms with van der Waals surface area (Å²) in [5, 5.41) is 2.41. The molecule has 1 atom stereocenters. The minimum absolute atomic E-state index is 0.376. The Morgan fingerprint density at radius 1 is 0.490 bits per heavy atom. The van der Waals surface area contributed by atoms with E-state index in [-0.39, 0.29) is 0 Å². The molecule has 244 valence electrons. The third-order valence-electron chi connectivity index (χ3n) is 10.5.